The Morgan fingerprint density at radius 3 is 2.52 bits per heavy atom. The molecule has 0 atom stereocenters. The highest BCUT2D eigenvalue weighted by Crippen LogP contribution is 2.34. The highest BCUT2D eigenvalue weighted by Gasteiger charge is 2.24. The number of benzene rings is 3. The van der Waals surface area contributed by atoms with E-state index in [0.717, 1.165) is 53.9 Å². The van der Waals surface area contributed by atoms with E-state index in [2.05, 4.69) is 37.8 Å². The SMILES string of the molecule is COc1ccc(CN(c2ccccc2)c2cc(N[C@H]3CC[C@H](N)CC3)nn3c(C(=O)Nc4cccc(-c5noc(C(C)C)n5)c4)cnc23)cc1. The zero-order valence-electron chi connectivity index (χ0n) is 28.4. The standard InChI is InChI=1S/C38H41N9O3/c1-24(2)38-43-35(45-50-38)26-8-7-9-29(20-26)42-37(48)33-22-40-36-32(21-34(44-47(33)36)41-28-16-14-27(39)15-17-28)46(30-10-5-4-6-11-30)23-25-12-18-31(49-3)19-13-25/h4-13,18-22,24,27-28H,14-17,23,39H2,1-3H3,(H,41,44)(H,42,48)/t27-,28-. The Morgan fingerprint density at radius 1 is 1.02 bits per heavy atom. The Kier molecular flexibility index (Phi) is 9.43. The van der Waals surface area contributed by atoms with Gasteiger partial charge in [0, 0.05) is 47.6 Å². The molecular weight excluding hydrogens is 630 g/mol. The van der Waals surface area contributed by atoms with E-state index >= 15 is 0 Å². The van der Waals surface area contributed by atoms with Crippen molar-refractivity contribution in [3.63, 3.8) is 0 Å². The first-order chi connectivity index (χ1) is 24.3. The molecule has 6 aromatic rings. The lowest BCUT2D eigenvalue weighted by molar-refractivity contribution is 0.102. The second-order valence-electron chi connectivity index (χ2n) is 13.0. The minimum atomic E-state index is -0.355. The van der Waals surface area contributed by atoms with Crippen LogP contribution in [-0.2, 0) is 6.54 Å². The fourth-order valence-electron chi connectivity index (χ4n) is 6.20. The highest BCUT2D eigenvalue weighted by molar-refractivity contribution is 6.04. The van der Waals surface area contributed by atoms with Gasteiger partial charge in [-0.3, -0.25) is 4.79 Å². The second kappa shape index (κ2) is 14.4. The van der Waals surface area contributed by atoms with Gasteiger partial charge in [-0.25, -0.2) is 9.50 Å². The van der Waals surface area contributed by atoms with E-state index < -0.39 is 0 Å². The van der Waals surface area contributed by atoms with E-state index in [-0.39, 0.29) is 23.9 Å². The maximum Gasteiger partial charge on any atom is 0.276 e. The molecule has 12 nitrogen and oxygen atoms in total. The van der Waals surface area contributed by atoms with Gasteiger partial charge in [-0.2, -0.15) is 4.98 Å². The summed E-state index contributed by atoms with van der Waals surface area (Å²) in [6, 6.07) is 28.0. The number of fused-ring (bicyclic) bond motifs is 1. The first-order valence-electron chi connectivity index (χ1n) is 17.0. The molecule has 3 aromatic carbocycles. The third-order valence-corrected chi connectivity index (χ3v) is 8.98. The Labute approximate surface area is 290 Å². The number of hydrogen-bond acceptors (Lipinski definition) is 10. The molecule has 256 valence electrons. The summed E-state index contributed by atoms with van der Waals surface area (Å²) in [7, 11) is 1.66. The first-order valence-corrected chi connectivity index (χ1v) is 17.0. The minimum Gasteiger partial charge on any atom is -0.497 e. The van der Waals surface area contributed by atoms with Crippen LogP contribution in [0.4, 0.5) is 22.9 Å². The van der Waals surface area contributed by atoms with Crippen molar-refractivity contribution in [2.45, 2.75) is 64.1 Å². The quantitative estimate of drug-likeness (QED) is 0.129. The molecule has 3 heterocycles. The minimum absolute atomic E-state index is 0.107. The third-order valence-electron chi connectivity index (χ3n) is 8.98. The van der Waals surface area contributed by atoms with Gasteiger partial charge in [-0.1, -0.05) is 61.5 Å². The van der Waals surface area contributed by atoms with Gasteiger partial charge in [-0.05, 0) is 67.6 Å². The number of carbonyl (C=O) groups is 1. The molecule has 7 rings (SSSR count). The number of imidazole rings is 1. The van der Waals surface area contributed by atoms with E-state index in [9.17, 15) is 4.79 Å². The molecule has 1 aliphatic carbocycles. The average molecular weight is 672 g/mol. The molecule has 4 N–H and O–H groups in total. The van der Waals surface area contributed by atoms with Gasteiger partial charge in [0.25, 0.3) is 5.91 Å². The summed E-state index contributed by atoms with van der Waals surface area (Å²) in [5.41, 5.74) is 11.2. The summed E-state index contributed by atoms with van der Waals surface area (Å²) in [6.45, 7) is 4.53. The van der Waals surface area contributed by atoms with Gasteiger partial charge in [0.2, 0.25) is 11.7 Å². The van der Waals surface area contributed by atoms with Gasteiger partial charge >= 0.3 is 0 Å². The summed E-state index contributed by atoms with van der Waals surface area (Å²) in [4.78, 5) is 25.4. The fourth-order valence-corrected chi connectivity index (χ4v) is 6.20. The predicted molar refractivity (Wildman–Crippen MR) is 194 cm³/mol. The molecule has 1 saturated carbocycles. The first kappa shape index (κ1) is 32.8. The number of nitrogens with one attached hydrogen (secondary N) is 2. The van der Waals surface area contributed by atoms with Crippen molar-refractivity contribution in [2.75, 3.05) is 22.6 Å². The molecule has 0 aliphatic heterocycles. The molecule has 12 heteroatoms. The van der Waals surface area contributed by atoms with Crippen molar-refractivity contribution in [2.24, 2.45) is 5.73 Å². The number of methoxy groups -OCH3 is 1. The van der Waals surface area contributed by atoms with Crippen LogP contribution in [0.15, 0.2) is 95.6 Å². The molecular formula is C38H41N9O3. The van der Waals surface area contributed by atoms with Gasteiger partial charge in [-0.15, -0.1) is 5.10 Å². The zero-order valence-corrected chi connectivity index (χ0v) is 28.4. The average Bonchev–Trinajstić information content (AvgIpc) is 3.81. The number of aromatic nitrogens is 5. The Morgan fingerprint density at radius 2 is 1.80 bits per heavy atom. The van der Waals surface area contributed by atoms with Crippen LogP contribution in [0.5, 0.6) is 5.75 Å². The molecule has 0 radical (unpaired) electrons. The maximum atomic E-state index is 13.9. The maximum absolute atomic E-state index is 13.9. The summed E-state index contributed by atoms with van der Waals surface area (Å²) in [5, 5.41) is 15.7. The van der Waals surface area contributed by atoms with Crippen LogP contribution >= 0.6 is 0 Å². The molecule has 1 fully saturated rings. The molecule has 0 bridgehead atoms. The normalized spacial score (nSPS) is 16.0. The second-order valence-corrected chi connectivity index (χ2v) is 13.0. The molecule has 50 heavy (non-hydrogen) atoms. The van der Waals surface area contributed by atoms with E-state index in [4.69, 9.17) is 25.1 Å². The monoisotopic (exact) mass is 671 g/mol. The van der Waals surface area contributed by atoms with E-state index in [1.807, 2.05) is 86.6 Å². The number of nitrogens with two attached hydrogens (primary N) is 1. The molecule has 0 unspecified atom stereocenters. The van der Waals surface area contributed by atoms with Crippen LogP contribution in [-0.4, -0.2) is 49.8 Å². The Balaban J connectivity index is 1.26. The largest absolute Gasteiger partial charge is 0.497 e. The van der Waals surface area contributed by atoms with Crippen LogP contribution in [0, 0.1) is 0 Å². The van der Waals surface area contributed by atoms with Crippen molar-refractivity contribution < 1.29 is 14.1 Å². The fraction of sp³-hybridized carbons (Fsp3) is 0.289. The number of anilines is 4. The summed E-state index contributed by atoms with van der Waals surface area (Å²) in [5.74, 6) is 2.21. The van der Waals surface area contributed by atoms with Crippen molar-refractivity contribution in [3.05, 3.63) is 108 Å². The smallest absolute Gasteiger partial charge is 0.276 e. The number of nitrogens with zero attached hydrogens (tertiary/aromatic N) is 6. The molecule has 3 aromatic heterocycles. The lowest BCUT2D eigenvalue weighted by atomic mass is 9.92. The van der Waals surface area contributed by atoms with Crippen LogP contribution in [0.25, 0.3) is 17.0 Å². The lowest BCUT2D eigenvalue weighted by Gasteiger charge is -2.29. The van der Waals surface area contributed by atoms with Gasteiger partial charge in [0.15, 0.2) is 11.3 Å². The number of para-hydroxylation sites is 1. The predicted octanol–water partition coefficient (Wildman–Crippen LogP) is 7.18. The van der Waals surface area contributed by atoms with Gasteiger partial charge in [0.05, 0.1) is 19.0 Å². The Bertz CT molecular complexity index is 2070. The van der Waals surface area contributed by atoms with E-state index in [0.29, 0.717) is 41.1 Å². The van der Waals surface area contributed by atoms with Crippen molar-refractivity contribution >= 4 is 34.4 Å². The summed E-state index contributed by atoms with van der Waals surface area (Å²) in [6.07, 6.45) is 5.34. The van der Waals surface area contributed by atoms with Gasteiger partial charge < -0.3 is 30.5 Å². The number of rotatable bonds is 11. The number of hydrogen-bond donors (Lipinski definition) is 3. The van der Waals surface area contributed by atoms with Crippen molar-refractivity contribution in [1.29, 1.82) is 0 Å². The number of amides is 1. The van der Waals surface area contributed by atoms with Gasteiger partial charge in [0.1, 0.15) is 11.6 Å². The zero-order chi connectivity index (χ0) is 34.6. The van der Waals surface area contributed by atoms with Crippen molar-refractivity contribution in [3.8, 4) is 17.1 Å². The molecule has 0 saturated heterocycles. The molecule has 0 spiro atoms. The third kappa shape index (κ3) is 7.15. The van der Waals surface area contributed by atoms with Crippen LogP contribution < -0.4 is 26.0 Å². The summed E-state index contributed by atoms with van der Waals surface area (Å²) < 4.78 is 12.4. The highest BCUT2D eigenvalue weighted by atomic mass is 16.5. The van der Waals surface area contributed by atoms with Crippen LogP contribution in [0.3, 0.4) is 0 Å². The lowest BCUT2D eigenvalue weighted by Crippen LogP contribution is -2.33. The Hall–Kier alpha value is -5.75. The van der Waals surface area contributed by atoms with Crippen molar-refractivity contribution in [1.82, 2.24) is 24.7 Å². The van der Waals surface area contributed by atoms with Crippen LogP contribution in [0.1, 0.15) is 67.4 Å². The van der Waals surface area contributed by atoms with E-state index in [1.54, 1.807) is 17.8 Å². The topological polar surface area (TPSA) is 149 Å². The summed E-state index contributed by atoms with van der Waals surface area (Å²) >= 11 is 0. The van der Waals surface area contributed by atoms with Crippen LogP contribution in [0.2, 0.25) is 0 Å². The number of carbonyl (C=O) groups excluding carboxylic acids is 1. The molecule has 1 amide bonds. The number of ether oxygens (including phenoxy) is 1. The molecule has 1 aliphatic rings. The van der Waals surface area contributed by atoms with E-state index in [1.165, 1.54) is 0 Å².